The zero-order valence-corrected chi connectivity index (χ0v) is 16.9. The molecule has 1 aliphatic rings. The summed E-state index contributed by atoms with van der Waals surface area (Å²) in [6, 6.07) is 8.48. The first-order chi connectivity index (χ1) is 13.4. The molecule has 0 aliphatic heterocycles. The Labute approximate surface area is 168 Å². The molecule has 2 amide bonds. The normalized spacial score (nSPS) is 13.2. The third kappa shape index (κ3) is 4.98. The first kappa shape index (κ1) is 20.1. The molecule has 3 rings (SSSR count). The number of nitrogens with zero attached hydrogens (tertiary/aromatic N) is 1. The largest absolute Gasteiger partial charge is 0.451 e. The average molecular weight is 401 g/mol. The molecule has 6 nitrogen and oxygen atoms in total. The molecule has 1 aliphatic carbocycles. The molecule has 1 N–H and O–H groups in total. The van der Waals surface area contributed by atoms with Crippen LogP contribution in [0, 0.1) is 0 Å². The summed E-state index contributed by atoms with van der Waals surface area (Å²) < 4.78 is 5.16. The van der Waals surface area contributed by atoms with Crippen molar-refractivity contribution >= 4 is 34.8 Å². The number of hydrogen-bond donors (Lipinski definition) is 1. The van der Waals surface area contributed by atoms with Gasteiger partial charge in [-0.25, -0.2) is 4.79 Å². The SMILES string of the molecule is CN(C)C(=O)c1ccc(NC(=O)COC(=O)c2cc3c(s2)CCCCC3)cc1. The lowest BCUT2D eigenvalue weighted by Gasteiger charge is -2.11. The van der Waals surface area contributed by atoms with E-state index in [9.17, 15) is 14.4 Å². The van der Waals surface area contributed by atoms with Crippen LogP contribution in [0.15, 0.2) is 30.3 Å². The highest BCUT2D eigenvalue weighted by molar-refractivity contribution is 7.14. The molecule has 148 valence electrons. The number of esters is 1. The van der Waals surface area contributed by atoms with Gasteiger partial charge in [0.25, 0.3) is 11.8 Å². The smallest absolute Gasteiger partial charge is 0.348 e. The van der Waals surface area contributed by atoms with Crippen molar-refractivity contribution in [1.29, 1.82) is 0 Å². The van der Waals surface area contributed by atoms with Crippen LogP contribution in [0.4, 0.5) is 5.69 Å². The van der Waals surface area contributed by atoms with E-state index in [0.29, 0.717) is 16.1 Å². The number of amides is 2. The third-order valence-electron chi connectivity index (χ3n) is 4.60. The molecule has 0 saturated carbocycles. The minimum Gasteiger partial charge on any atom is -0.451 e. The molecule has 1 aromatic carbocycles. The molecule has 1 heterocycles. The number of thiophene rings is 1. The summed E-state index contributed by atoms with van der Waals surface area (Å²) in [4.78, 5) is 39.5. The molecule has 28 heavy (non-hydrogen) atoms. The third-order valence-corrected chi connectivity index (χ3v) is 5.82. The van der Waals surface area contributed by atoms with Gasteiger partial charge in [0.2, 0.25) is 0 Å². The Kier molecular flexibility index (Phi) is 6.46. The fourth-order valence-corrected chi connectivity index (χ4v) is 4.27. The molecule has 0 fully saturated rings. The van der Waals surface area contributed by atoms with Crippen LogP contribution in [0.3, 0.4) is 0 Å². The maximum atomic E-state index is 12.3. The van der Waals surface area contributed by atoms with Gasteiger partial charge in [-0.15, -0.1) is 11.3 Å². The highest BCUT2D eigenvalue weighted by Gasteiger charge is 2.18. The second-order valence-corrected chi connectivity index (χ2v) is 8.16. The van der Waals surface area contributed by atoms with Gasteiger partial charge in [0.1, 0.15) is 4.88 Å². The van der Waals surface area contributed by atoms with Crippen LogP contribution in [0.2, 0.25) is 0 Å². The summed E-state index contributed by atoms with van der Waals surface area (Å²) in [7, 11) is 3.36. The molecule has 7 heteroatoms. The molecule has 0 spiro atoms. The lowest BCUT2D eigenvalue weighted by atomic mass is 10.1. The summed E-state index contributed by atoms with van der Waals surface area (Å²) >= 11 is 1.48. The number of anilines is 1. The number of carbonyl (C=O) groups excluding carboxylic acids is 3. The summed E-state index contributed by atoms with van der Waals surface area (Å²) in [6.45, 7) is -0.347. The second kappa shape index (κ2) is 9.01. The van der Waals surface area contributed by atoms with Crippen LogP contribution in [0.1, 0.15) is 49.7 Å². The van der Waals surface area contributed by atoms with Gasteiger partial charge in [-0.3, -0.25) is 9.59 Å². The standard InChI is InChI=1S/C21H24N2O4S/c1-23(2)20(25)14-8-10-16(11-9-14)22-19(24)13-27-21(26)18-12-15-6-4-3-5-7-17(15)28-18/h8-12H,3-7,13H2,1-2H3,(H,22,24). The Morgan fingerprint density at radius 1 is 1.07 bits per heavy atom. The lowest BCUT2D eigenvalue weighted by molar-refractivity contribution is -0.119. The average Bonchev–Trinajstić information content (AvgIpc) is 2.96. The first-order valence-corrected chi connectivity index (χ1v) is 10.2. The molecule has 0 atom stereocenters. The van der Waals surface area contributed by atoms with Gasteiger partial charge >= 0.3 is 5.97 Å². The minimum absolute atomic E-state index is 0.110. The van der Waals surface area contributed by atoms with Crippen molar-refractivity contribution in [2.24, 2.45) is 0 Å². The van der Waals surface area contributed by atoms with Crippen molar-refractivity contribution in [3.8, 4) is 0 Å². The van der Waals surface area contributed by atoms with Gasteiger partial charge in [0.15, 0.2) is 6.61 Å². The van der Waals surface area contributed by atoms with Crippen LogP contribution >= 0.6 is 11.3 Å². The zero-order chi connectivity index (χ0) is 20.1. The lowest BCUT2D eigenvalue weighted by Crippen LogP contribution is -2.22. The highest BCUT2D eigenvalue weighted by atomic mass is 32.1. The van der Waals surface area contributed by atoms with E-state index in [1.807, 2.05) is 6.07 Å². The van der Waals surface area contributed by atoms with Crippen LogP contribution in [0.5, 0.6) is 0 Å². The number of rotatable bonds is 5. The van der Waals surface area contributed by atoms with Gasteiger partial charge in [-0.1, -0.05) is 6.42 Å². The molecule has 2 aromatic rings. The van der Waals surface area contributed by atoms with Crippen LogP contribution in [-0.2, 0) is 22.4 Å². The minimum atomic E-state index is -0.458. The fourth-order valence-electron chi connectivity index (χ4n) is 3.12. The Balaban J connectivity index is 1.51. The number of aryl methyl sites for hydroxylation is 2. The molecule has 0 radical (unpaired) electrons. The van der Waals surface area contributed by atoms with Crippen LogP contribution in [0.25, 0.3) is 0 Å². The van der Waals surface area contributed by atoms with Crippen molar-refractivity contribution in [3.05, 3.63) is 51.2 Å². The van der Waals surface area contributed by atoms with Crippen LogP contribution < -0.4 is 5.32 Å². The number of fused-ring (bicyclic) bond motifs is 1. The van der Waals surface area contributed by atoms with E-state index in [0.717, 1.165) is 25.7 Å². The van der Waals surface area contributed by atoms with Gasteiger partial charge < -0.3 is 15.0 Å². The summed E-state index contributed by atoms with van der Waals surface area (Å²) in [5.74, 6) is -0.987. The van der Waals surface area contributed by atoms with Crippen molar-refractivity contribution in [2.75, 3.05) is 26.0 Å². The van der Waals surface area contributed by atoms with Crippen molar-refractivity contribution in [3.63, 3.8) is 0 Å². The first-order valence-electron chi connectivity index (χ1n) is 9.34. The molecular weight excluding hydrogens is 376 g/mol. The van der Waals surface area contributed by atoms with Crippen molar-refractivity contribution in [2.45, 2.75) is 32.1 Å². The Hall–Kier alpha value is -2.67. The quantitative estimate of drug-likeness (QED) is 0.616. The van der Waals surface area contributed by atoms with E-state index < -0.39 is 11.9 Å². The van der Waals surface area contributed by atoms with Gasteiger partial charge in [0, 0.05) is 30.2 Å². The van der Waals surface area contributed by atoms with Gasteiger partial charge in [-0.2, -0.15) is 0 Å². The topological polar surface area (TPSA) is 75.7 Å². The predicted octanol–water partition coefficient (Wildman–Crippen LogP) is 3.51. The Morgan fingerprint density at radius 2 is 1.79 bits per heavy atom. The van der Waals surface area contributed by atoms with E-state index in [2.05, 4.69) is 5.32 Å². The van der Waals surface area contributed by atoms with E-state index >= 15 is 0 Å². The number of carbonyl (C=O) groups is 3. The number of hydrogen-bond acceptors (Lipinski definition) is 5. The van der Waals surface area contributed by atoms with E-state index in [1.54, 1.807) is 38.4 Å². The van der Waals surface area contributed by atoms with Gasteiger partial charge in [-0.05, 0) is 61.6 Å². The van der Waals surface area contributed by atoms with E-state index in [-0.39, 0.29) is 12.5 Å². The van der Waals surface area contributed by atoms with Crippen molar-refractivity contribution < 1.29 is 19.1 Å². The number of benzene rings is 1. The van der Waals surface area contributed by atoms with Crippen molar-refractivity contribution in [1.82, 2.24) is 4.90 Å². The second-order valence-electron chi connectivity index (χ2n) is 7.02. The van der Waals surface area contributed by atoms with Crippen LogP contribution in [-0.4, -0.2) is 43.4 Å². The molecule has 1 aromatic heterocycles. The maximum absolute atomic E-state index is 12.3. The molecule has 0 unspecified atom stereocenters. The van der Waals surface area contributed by atoms with E-state index in [1.165, 1.54) is 33.1 Å². The summed E-state index contributed by atoms with van der Waals surface area (Å²) in [5.41, 5.74) is 2.32. The Morgan fingerprint density at radius 3 is 2.50 bits per heavy atom. The summed E-state index contributed by atoms with van der Waals surface area (Å²) in [6.07, 6.45) is 5.56. The molecule has 0 bridgehead atoms. The van der Waals surface area contributed by atoms with E-state index in [4.69, 9.17) is 4.74 Å². The molecule has 0 saturated heterocycles. The number of ether oxygens (including phenoxy) is 1. The predicted molar refractivity (Wildman–Crippen MR) is 109 cm³/mol. The molecular formula is C21H24N2O4S. The summed E-state index contributed by atoms with van der Waals surface area (Å²) in [5, 5.41) is 2.66. The zero-order valence-electron chi connectivity index (χ0n) is 16.1. The number of nitrogens with one attached hydrogen (secondary N) is 1. The monoisotopic (exact) mass is 400 g/mol. The fraction of sp³-hybridized carbons (Fsp3) is 0.381. The Bertz CT molecular complexity index is 848. The highest BCUT2D eigenvalue weighted by Crippen LogP contribution is 2.29. The van der Waals surface area contributed by atoms with Gasteiger partial charge in [0.05, 0.1) is 0 Å². The maximum Gasteiger partial charge on any atom is 0.348 e.